The molecule has 0 aliphatic carbocycles. The largest absolute Gasteiger partial charge is 0.486 e. The zero-order valence-electron chi connectivity index (χ0n) is 15.9. The van der Waals surface area contributed by atoms with E-state index in [1.165, 1.54) is 0 Å². The average Bonchev–Trinajstić information content (AvgIpc) is 2.75. The van der Waals surface area contributed by atoms with Crippen molar-refractivity contribution < 1.29 is 19.0 Å². The first kappa shape index (κ1) is 18.2. The van der Waals surface area contributed by atoms with Crippen LogP contribution in [-0.2, 0) is 11.3 Å². The van der Waals surface area contributed by atoms with Crippen molar-refractivity contribution in [1.82, 2.24) is 4.90 Å². The number of rotatable bonds is 6. The quantitative estimate of drug-likeness (QED) is 0.651. The summed E-state index contributed by atoms with van der Waals surface area (Å²) in [5, 5.41) is 2.10. The highest BCUT2D eigenvalue weighted by Crippen LogP contribution is 2.31. The molecule has 3 aromatic rings. The van der Waals surface area contributed by atoms with E-state index in [0.29, 0.717) is 26.3 Å². The third-order valence-electron chi connectivity index (χ3n) is 4.82. The van der Waals surface area contributed by atoms with E-state index in [4.69, 9.17) is 14.2 Å². The number of nitrogens with zero attached hydrogens (tertiary/aromatic N) is 1. The number of hydrogen-bond donors (Lipinski definition) is 0. The van der Waals surface area contributed by atoms with Crippen LogP contribution in [0.4, 0.5) is 0 Å². The molecule has 0 spiro atoms. The summed E-state index contributed by atoms with van der Waals surface area (Å²) in [6.45, 7) is 4.19. The van der Waals surface area contributed by atoms with Crippen molar-refractivity contribution in [2.45, 2.75) is 13.5 Å². The summed E-state index contributed by atoms with van der Waals surface area (Å²) in [6, 6.07) is 19.7. The van der Waals surface area contributed by atoms with Gasteiger partial charge in [0.2, 0.25) is 0 Å². The molecule has 5 heteroatoms. The van der Waals surface area contributed by atoms with Gasteiger partial charge in [-0.25, -0.2) is 0 Å². The fourth-order valence-electron chi connectivity index (χ4n) is 3.34. The smallest absolute Gasteiger partial charge is 0.260 e. The number of amides is 1. The van der Waals surface area contributed by atoms with Gasteiger partial charge in [-0.15, -0.1) is 0 Å². The van der Waals surface area contributed by atoms with Crippen molar-refractivity contribution in [3.8, 4) is 17.2 Å². The Morgan fingerprint density at radius 2 is 1.79 bits per heavy atom. The van der Waals surface area contributed by atoms with Crippen LogP contribution in [0.1, 0.15) is 12.5 Å². The van der Waals surface area contributed by atoms with E-state index in [-0.39, 0.29) is 12.5 Å². The molecular weight excluding hydrogens is 354 g/mol. The molecule has 5 nitrogen and oxygen atoms in total. The zero-order valence-corrected chi connectivity index (χ0v) is 15.9. The second-order valence-corrected chi connectivity index (χ2v) is 6.65. The Kier molecular flexibility index (Phi) is 5.33. The van der Waals surface area contributed by atoms with Gasteiger partial charge in [-0.3, -0.25) is 4.79 Å². The van der Waals surface area contributed by atoms with Gasteiger partial charge < -0.3 is 19.1 Å². The normalized spacial score (nSPS) is 12.6. The molecule has 0 saturated carbocycles. The highest BCUT2D eigenvalue weighted by molar-refractivity contribution is 5.88. The van der Waals surface area contributed by atoms with Crippen LogP contribution in [-0.4, -0.2) is 37.2 Å². The van der Waals surface area contributed by atoms with Crippen molar-refractivity contribution in [2.75, 3.05) is 26.4 Å². The molecule has 0 fully saturated rings. The number of carbonyl (C=O) groups is 1. The molecule has 1 aliphatic rings. The van der Waals surface area contributed by atoms with Crippen LogP contribution < -0.4 is 14.2 Å². The summed E-state index contributed by atoms with van der Waals surface area (Å²) in [6.07, 6.45) is 0. The number of benzene rings is 3. The first-order valence-corrected chi connectivity index (χ1v) is 9.51. The van der Waals surface area contributed by atoms with E-state index in [1.807, 2.05) is 67.6 Å². The van der Waals surface area contributed by atoms with Crippen LogP contribution in [0.3, 0.4) is 0 Å². The Hall–Kier alpha value is -3.21. The number of hydrogen-bond acceptors (Lipinski definition) is 4. The minimum Gasteiger partial charge on any atom is -0.486 e. The second-order valence-electron chi connectivity index (χ2n) is 6.65. The lowest BCUT2D eigenvalue weighted by Gasteiger charge is -2.23. The van der Waals surface area contributed by atoms with Crippen LogP contribution in [0, 0.1) is 0 Å². The maximum atomic E-state index is 12.7. The molecule has 1 aliphatic heterocycles. The van der Waals surface area contributed by atoms with Gasteiger partial charge in [-0.05, 0) is 36.1 Å². The monoisotopic (exact) mass is 377 g/mol. The van der Waals surface area contributed by atoms with E-state index >= 15 is 0 Å². The average molecular weight is 377 g/mol. The van der Waals surface area contributed by atoms with Gasteiger partial charge in [0.1, 0.15) is 19.0 Å². The van der Waals surface area contributed by atoms with Crippen LogP contribution in [0.5, 0.6) is 17.2 Å². The van der Waals surface area contributed by atoms with E-state index in [2.05, 4.69) is 0 Å². The van der Waals surface area contributed by atoms with Crippen LogP contribution >= 0.6 is 0 Å². The van der Waals surface area contributed by atoms with E-state index in [1.54, 1.807) is 4.90 Å². The second kappa shape index (κ2) is 8.21. The molecule has 4 rings (SSSR count). The fourth-order valence-corrected chi connectivity index (χ4v) is 3.34. The van der Waals surface area contributed by atoms with Crippen LogP contribution in [0.15, 0.2) is 60.7 Å². The molecule has 1 heterocycles. The molecule has 28 heavy (non-hydrogen) atoms. The summed E-state index contributed by atoms with van der Waals surface area (Å²) in [5.74, 6) is 2.16. The molecule has 0 aromatic heterocycles. The Balaban J connectivity index is 1.42. The van der Waals surface area contributed by atoms with Crippen molar-refractivity contribution in [1.29, 1.82) is 0 Å². The van der Waals surface area contributed by atoms with Gasteiger partial charge in [-0.2, -0.15) is 0 Å². The third-order valence-corrected chi connectivity index (χ3v) is 4.82. The maximum absolute atomic E-state index is 12.7. The summed E-state index contributed by atoms with van der Waals surface area (Å²) in [4.78, 5) is 14.5. The lowest BCUT2D eigenvalue weighted by molar-refractivity contribution is -0.133. The fraction of sp³-hybridized carbons (Fsp3) is 0.261. The van der Waals surface area contributed by atoms with Crippen molar-refractivity contribution in [3.05, 3.63) is 66.2 Å². The first-order chi connectivity index (χ1) is 13.7. The zero-order chi connectivity index (χ0) is 19.3. The molecule has 0 atom stereocenters. The molecule has 0 bridgehead atoms. The van der Waals surface area contributed by atoms with E-state index in [0.717, 1.165) is 33.6 Å². The minimum atomic E-state index is -0.0506. The van der Waals surface area contributed by atoms with Crippen molar-refractivity contribution >= 4 is 16.7 Å². The SMILES string of the molecule is CCN(Cc1ccc2c(c1)OCCO2)C(=O)COc1cccc2ccccc12. The number of likely N-dealkylation sites (N-methyl/N-ethyl adjacent to an activating group) is 1. The summed E-state index contributed by atoms with van der Waals surface area (Å²) >= 11 is 0. The van der Waals surface area contributed by atoms with E-state index < -0.39 is 0 Å². The van der Waals surface area contributed by atoms with Gasteiger partial charge in [0, 0.05) is 18.5 Å². The molecule has 144 valence electrons. The van der Waals surface area contributed by atoms with Crippen LogP contribution in [0.2, 0.25) is 0 Å². The number of ether oxygens (including phenoxy) is 3. The Morgan fingerprint density at radius 1 is 1.00 bits per heavy atom. The molecule has 1 amide bonds. The molecular formula is C23H23NO4. The molecule has 0 N–H and O–H groups in total. The summed E-state index contributed by atoms with van der Waals surface area (Å²) in [5.41, 5.74) is 1.00. The predicted molar refractivity (Wildman–Crippen MR) is 108 cm³/mol. The highest BCUT2D eigenvalue weighted by atomic mass is 16.6. The van der Waals surface area contributed by atoms with Crippen LogP contribution in [0.25, 0.3) is 10.8 Å². The van der Waals surface area contributed by atoms with Gasteiger partial charge >= 0.3 is 0 Å². The van der Waals surface area contributed by atoms with Gasteiger partial charge in [-0.1, -0.05) is 42.5 Å². The summed E-state index contributed by atoms with van der Waals surface area (Å²) in [7, 11) is 0. The van der Waals surface area contributed by atoms with Crippen molar-refractivity contribution in [3.63, 3.8) is 0 Å². The first-order valence-electron chi connectivity index (χ1n) is 9.51. The number of carbonyl (C=O) groups excluding carboxylic acids is 1. The van der Waals surface area contributed by atoms with Crippen molar-refractivity contribution in [2.24, 2.45) is 0 Å². The minimum absolute atomic E-state index is 0.00635. The Bertz CT molecular complexity index is 980. The Labute approximate surface area is 164 Å². The predicted octanol–water partition coefficient (Wildman–Crippen LogP) is 4.04. The lowest BCUT2D eigenvalue weighted by atomic mass is 10.1. The van der Waals surface area contributed by atoms with Gasteiger partial charge in [0.25, 0.3) is 5.91 Å². The molecule has 0 unspecified atom stereocenters. The van der Waals surface area contributed by atoms with Gasteiger partial charge in [0.15, 0.2) is 18.1 Å². The Morgan fingerprint density at radius 3 is 2.64 bits per heavy atom. The standard InChI is InChI=1S/C23H23NO4/c1-2-24(15-17-10-11-21-22(14-17)27-13-12-26-21)23(25)16-28-20-9-5-7-18-6-3-4-8-19(18)20/h3-11,14H,2,12-13,15-16H2,1H3. The summed E-state index contributed by atoms with van der Waals surface area (Å²) < 4.78 is 17.0. The third kappa shape index (κ3) is 3.88. The van der Waals surface area contributed by atoms with Gasteiger partial charge in [0.05, 0.1) is 0 Å². The van der Waals surface area contributed by atoms with E-state index in [9.17, 15) is 4.79 Å². The highest BCUT2D eigenvalue weighted by Gasteiger charge is 2.16. The maximum Gasteiger partial charge on any atom is 0.260 e. The topological polar surface area (TPSA) is 48.0 Å². The molecule has 0 radical (unpaired) electrons. The molecule has 3 aromatic carbocycles. The lowest BCUT2D eigenvalue weighted by Crippen LogP contribution is -2.34. The molecule has 0 saturated heterocycles. The number of fused-ring (bicyclic) bond motifs is 2.